The molecular weight excluding hydrogens is 260 g/mol. The van der Waals surface area contributed by atoms with E-state index >= 15 is 0 Å². The summed E-state index contributed by atoms with van der Waals surface area (Å²) in [6.07, 6.45) is -0.721. The normalized spacial score (nSPS) is 15.2. The van der Waals surface area contributed by atoms with Crippen LogP contribution in [0.5, 0.6) is 0 Å². The number of rotatable bonds is 5. The summed E-state index contributed by atoms with van der Waals surface area (Å²) >= 11 is 0. The van der Waals surface area contributed by atoms with Crippen molar-refractivity contribution in [1.29, 1.82) is 0 Å². The van der Waals surface area contributed by atoms with Gasteiger partial charge >= 0.3 is 5.97 Å². The lowest BCUT2D eigenvalue weighted by molar-refractivity contribution is 0.0689. The minimum absolute atomic E-state index is 0.00127. The highest BCUT2D eigenvalue weighted by Crippen LogP contribution is 2.22. The van der Waals surface area contributed by atoms with Gasteiger partial charge in [0.15, 0.2) is 0 Å². The van der Waals surface area contributed by atoms with Crippen molar-refractivity contribution < 1.29 is 15.0 Å². The number of nitrogens with one attached hydrogen (secondary N) is 1. The third-order valence-corrected chi connectivity index (χ3v) is 3.83. The Morgan fingerprint density at radius 1 is 1.47 bits per heavy atom. The Hall–Kier alpha value is -1.24. The number of aromatic carboxylic acids is 1. The van der Waals surface area contributed by atoms with E-state index in [2.05, 4.69) is 31.1 Å². The number of aliphatic hydroxyl groups excluding tert-OH is 1. The molecule has 1 rings (SSSR count). The third-order valence-electron chi connectivity index (χ3n) is 2.79. The summed E-state index contributed by atoms with van der Waals surface area (Å²) in [5.41, 5.74) is 0.471. The van der Waals surface area contributed by atoms with E-state index in [1.54, 1.807) is 12.1 Å². The maximum atomic E-state index is 10.9. The molecule has 5 nitrogen and oxygen atoms in total. The second-order valence-corrected chi connectivity index (χ2v) is 7.29. The molecule has 0 saturated heterocycles. The minimum atomic E-state index is -1.08. The highest BCUT2D eigenvalue weighted by atomic mass is 28.1. The van der Waals surface area contributed by atoms with Gasteiger partial charge < -0.3 is 15.5 Å². The van der Waals surface area contributed by atoms with Gasteiger partial charge in [0.2, 0.25) is 0 Å². The van der Waals surface area contributed by atoms with E-state index in [4.69, 9.17) is 5.11 Å². The van der Waals surface area contributed by atoms with Crippen LogP contribution in [-0.2, 0) is 0 Å². The first-order valence-electron chi connectivity index (χ1n) is 6.34. The zero-order valence-corrected chi connectivity index (χ0v) is 13.8. The van der Waals surface area contributed by atoms with E-state index in [0.29, 0.717) is 12.2 Å². The number of carboxylic acid groups (broad SMARTS) is 1. The molecule has 0 bridgehead atoms. The van der Waals surface area contributed by atoms with Gasteiger partial charge in [0, 0.05) is 15.8 Å². The lowest BCUT2D eigenvalue weighted by Crippen LogP contribution is -2.39. The van der Waals surface area contributed by atoms with Crippen LogP contribution in [0.1, 0.15) is 43.1 Å². The van der Waals surface area contributed by atoms with Crippen LogP contribution in [0.2, 0.25) is 5.54 Å². The van der Waals surface area contributed by atoms with Gasteiger partial charge in [0.1, 0.15) is 5.69 Å². The molecule has 0 aromatic carbocycles. The first kappa shape index (κ1) is 15.8. The van der Waals surface area contributed by atoms with Gasteiger partial charge in [0.05, 0.1) is 11.8 Å². The van der Waals surface area contributed by atoms with E-state index in [1.165, 1.54) is 6.07 Å². The maximum absolute atomic E-state index is 10.9. The second-order valence-electron chi connectivity index (χ2n) is 5.81. The first-order valence-corrected chi connectivity index (χ1v) is 7.49. The molecule has 0 aliphatic carbocycles. The van der Waals surface area contributed by atoms with Gasteiger partial charge in [-0.1, -0.05) is 6.07 Å². The Morgan fingerprint density at radius 2 is 2.11 bits per heavy atom. The fraction of sp³-hybridized carbons (Fsp3) is 0.538. The van der Waals surface area contributed by atoms with Crippen molar-refractivity contribution in [2.24, 2.45) is 0 Å². The van der Waals surface area contributed by atoms with Crippen molar-refractivity contribution in [3.05, 3.63) is 29.6 Å². The zero-order valence-electron chi connectivity index (χ0n) is 11.8. The van der Waals surface area contributed by atoms with Crippen molar-refractivity contribution >= 4 is 16.2 Å². The third kappa shape index (κ3) is 5.10. The van der Waals surface area contributed by atoms with Crippen LogP contribution < -0.4 is 5.32 Å². The molecule has 0 aliphatic rings. The summed E-state index contributed by atoms with van der Waals surface area (Å²) in [6.45, 7) is 6.89. The molecule has 106 valence electrons. The second kappa shape index (κ2) is 6.27. The molecule has 0 amide bonds. The van der Waals surface area contributed by atoms with Crippen molar-refractivity contribution in [3.63, 3.8) is 0 Å². The molecule has 0 aliphatic heterocycles. The minimum Gasteiger partial charge on any atom is -0.477 e. The number of hydrogen-bond donors (Lipinski definition) is 3. The lowest BCUT2D eigenvalue weighted by atomic mass is 10.1. The molecule has 3 N–H and O–H groups in total. The number of hydrogen-bond acceptors (Lipinski definition) is 4. The van der Waals surface area contributed by atoms with Gasteiger partial charge in [-0.3, -0.25) is 0 Å². The van der Waals surface area contributed by atoms with Gasteiger partial charge in [-0.25, -0.2) is 9.78 Å². The fourth-order valence-electron chi connectivity index (χ4n) is 1.61. The number of aliphatic hydroxyl groups is 1. The van der Waals surface area contributed by atoms with Crippen molar-refractivity contribution in [2.45, 2.75) is 38.0 Å². The van der Waals surface area contributed by atoms with Crippen LogP contribution in [0.15, 0.2) is 18.2 Å². The monoisotopic (exact) mass is 282 g/mol. The maximum Gasteiger partial charge on any atom is 0.354 e. The molecule has 1 aromatic rings. The summed E-state index contributed by atoms with van der Waals surface area (Å²) in [5.74, 6) is -1.08. The van der Waals surface area contributed by atoms with E-state index in [9.17, 15) is 9.90 Å². The molecule has 0 saturated carbocycles. The molecule has 6 heteroatoms. The van der Waals surface area contributed by atoms with Crippen LogP contribution >= 0.6 is 0 Å². The number of aromatic nitrogens is 1. The van der Waals surface area contributed by atoms with E-state index in [-0.39, 0.29) is 16.8 Å². The average molecular weight is 282 g/mol. The highest BCUT2D eigenvalue weighted by molar-refractivity contribution is 6.12. The van der Waals surface area contributed by atoms with Gasteiger partial charge in [-0.2, -0.15) is 0 Å². The van der Waals surface area contributed by atoms with Crippen LogP contribution in [-0.4, -0.2) is 43.5 Å². The topological polar surface area (TPSA) is 82.5 Å². The fourth-order valence-corrected chi connectivity index (χ4v) is 2.15. The molecule has 19 heavy (non-hydrogen) atoms. The average Bonchev–Trinajstić information content (AvgIpc) is 2.34. The molecule has 0 radical (unpaired) electrons. The van der Waals surface area contributed by atoms with E-state index in [0.717, 1.165) is 10.2 Å². The van der Waals surface area contributed by atoms with E-state index in [1.807, 2.05) is 0 Å². The smallest absolute Gasteiger partial charge is 0.354 e. The summed E-state index contributed by atoms with van der Waals surface area (Å²) < 4.78 is 0. The van der Waals surface area contributed by atoms with Gasteiger partial charge in [0.25, 0.3) is 0 Å². The Morgan fingerprint density at radius 3 is 2.63 bits per heavy atom. The molecule has 0 spiro atoms. The first-order chi connectivity index (χ1) is 8.70. The van der Waals surface area contributed by atoms with Gasteiger partial charge in [-0.05, 0) is 45.0 Å². The molecule has 1 aromatic heterocycles. The lowest BCUT2D eigenvalue weighted by Gasteiger charge is -2.25. The quantitative estimate of drug-likeness (QED) is 0.679. The molecule has 2 atom stereocenters. The van der Waals surface area contributed by atoms with Crippen molar-refractivity contribution in [3.8, 4) is 0 Å². The van der Waals surface area contributed by atoms with Gasteiger partial charge in [-0.15, -0.1) is 0 Å². The molecule has 0 fully saturated rings. The highest BCUT2D eigenvalue weighted by Gasteiger charge is 2.20. The number of pyridine rings is 1. The van der Waals surface area contributed by atoms with Crippen LogP contribution in [0, 0.1) is 0 Å². The van der Waals surface area contributed by atoms with Crippen molar-refractivity contribution in [1.82, 2.24) is 10.3 Å². The molecular formula is C13H22N2O3Si. The Balaban J connectivity index is 2.73. The number of carbonyl (C=O) groups is 1. The predicted molar refractivity (Wildman–Crippen MR) is 77.6 cm³/mol. The standard InChI is InChI=1S/C13H22N2O3Si/c1-13(2,3)14-7-10(19)11(16)8-5-4-6-9(15-8)12(17)18/h4-6,10-11,14,16H,7H2,1-3,19H3,(H,17,18)/t10?,11-/m1/s1. The zero-order chi connectivity index (χ0) is 14.6. The number of nitrogens with zero attached hydrogens (tertiary/aromatic N) is 1. The number of carboxylic acids is 1. The summed E-state index contributed by atoms with van der Waals surface area (Å²) in [6, 6.07) is 4.70. The summed E-state index contributed by atoms with van der Waals surface area (Å²) in [4.78, 5) is 14.8. The Kier molecular flexibility index (Phi) is 5.22. The predicted octanol–water partition coefficient (Wildman–Crippen LogP) is 0.355. The summed E-state index contributed by atoms with van der Waals surface area (Å²) in [5, 5.41) is 22.5. The Labute approximate surface area is 116 Å². The van der Waals surface area contributed by atoms with E-state index < -0.39 is 12.1 Å². The van der Waals surface area contributed by atoms with Crippen LogP contribution in [0.3, 0.4) is 0 Å². The largest absolute Gasteiger partial charge is 0.477 e. The summed E-state index contributed by atoms with van der Waals surface area (Å²) in [7, 11) is 0.795. The van der Waals surface area contributed by atoms with Crippen molar-refractivity contribution in [2.75, 3.05) is 6.54 Å². The van der Waals surface area contributed by atoms with Crippen LogP contribution in [0.4, 0.5) is 0 Å². The Bertz CT molecular complexity index is 446. The molecule has 1 heterocycles. The van der Waals surface area contributed by atoms with Crippen LogP contribution in [0.25, 0.3) is 0 Å². The SMILES string of the molecule is CC(C)(C)NCC([SiH3])[C@H](O)c1cccc(C(=O)O)n1. The molecule has 1 unspecified atom stereocenters.